The Morgan fingerprint density at radius 1 is 1.33 bits per heavy atom. The minimum absolute atomic E-state index is 0.203. The number of nitrogens with one attached hydrogen (secondary N) is 1. The lowest BCUT2D eigenvalue weighted by Crippen LogP contribution is -2.23. The molecule has 3 rings (SSSR count). The molecule has 1 aliphatic rings. The fourth-order valence-electron chi connectivity index (χ4n) is 2.46. The van der Waals surface area contributed by atoms with Crippen molar-refractivity contribution in [2.24, 2.45) is 0 Å². The molecule has 1 aliphatic heterocycles. The number of carbonyl (C=O) groups is 2. The second-order valence-electron chi connectivity index (χ2n) is 5.38. The monoisotopic (exact) mass is 362 g/mol. The van der Waals surface area contributed by atoms with E-state index in [4.69, 9.17) is 0 Å². The maximum absolute atomic E-state index is 12.2. The second-order valence-corrected chi connectivity index (χ2v) is 7.86. The van der Waals surface area contributed by atoms with E-state index in [1.807, 2.05) is 24.0 Å². The van der Waals surface area contributed by atoms with Crippen molar-refractivity contribution in [3.63, 3.8) is 0 Å². The molecular formula is C16H18N4O2S2. The third kappa shape index (κ3) is 4.12. The Morgan fingerprint density at radius 3 is 2.79 bits per heavy atom. The second kappa shape index (κ2) is 7.76. The molecule has 1 saturated heterocycles. The van der Waals surface area contributed by atoms with E-state index in [0.717, 1.165) is 28.6 Å². The van der Waals surface area contributed by atoms with E-state index < -0.39 is 0 Å². The number of benzene rings is 1. The summed E-state index contributed by atoms with van der Waals surface area (Å²) in [7, 11) is 0. The van der Waals surface area contributed by atoms with E-state index in [1.165, 1.54) is 11.3 Å². The van der Waals surface area contributed by atoms with Gasteiger partial charge in [0.1, 0.15) is 0 Å². The summed E-state index contributed by atoms with van der Waals surface area (Å²) in [5, 5.41) is 11.2. The number of thioether (sulfide) groups is 1. The van der Waals surface area contributed by atoms with Gasteiger partial charge in [0.15, 0.2) is 4.34 Å². The summed E-state index contributed by atoms with van der Waals surface area (Å²) in [6, 6.07) is 7.32. The van der Waals surface area contributed by atoms with Gasteiger partial charge in [-0.15, -0.1) is 10.2 Å². The molecule has 0 spiro atoms. The van der Waals surface area contributed by atoms with Gasteiger partial charge in [-0.1, -0.05) is 42.2 Å². The van der Waals surface area contributed by atoms with Crippen LogP contribution in [0.25, 0.3) is 0 Å². The third-order valence-corrected chi connectivity index (χ3v) is 5.51. The Kier molecular flexibility index (Phi) is 5.47. The summed E-state index contributed by atoms with van der Waals surface area (Å²) < 4.78 is 0.846. The SMILES string of the molecule is CCSc1nnc(NC(=O)c2ccc(CN3CCCC3=O)cc2)s1. The normalized spacial score (nSPS) is 14.2. The van der Waals surface area contributed by atoms with Crippen LogP contribution in [0.4, 0.5) is 5.13 Å². The van der Waals surface area contributed by atoms with Crippen molar-refractivity contribution < 1.29 is 9.59 Å². The van der Waals surface area contributed by atoms with Gasteiger partial charge in [0.2, 0.25) is 11.0 Å². The third-order valence-electron chi connectivity index (χ3n) is 3.66. The van der Waals surface area contributed by atoms with Gasteiger partial charge in [-0.05, 0) is 29.9 Å². The average Bonchev–Trinajstić information content (AvgIpc) is 3.18. The summed E-state index contributed by atoms with van der Waals surface area (Å²) in [5.41, 5.74) is 1.59. The lowest BCUT2D eigenvalue weighted by atomic mass is 10.1. The fraction of sp³-hybridized carbons (Fsp3) is 0.375. The first-order chi connectivity index (χ1) is 11.7. The molecule has 0 unspecified atom stereocenters. The fourth-order valence-corrected chi connectivity index (χ4v) is 4.11. The summed E-state index contributed by atoms with van der Waals surface area (Å²) >= 11 is 2.97. The Morgan fingerprint density at radius 2 is 2.12 bits per heavy atom. The molecule has 0 radical (unpaired) electrons. The zero-order valence-corrected chi connectivity index (χ0v) is 15.0. The first-order valence-electron chi connectivity index (χ1n) is 7.80. The molecule has 1 aromatic heterocycles. The summed E-state index contributed by atoms with van der Waals surface area (Å²) in [6.07, 6.45) is 1.57. The van der Waals surface area contributed by atoms with Crippen molar-refractivity contribution in [1.29, 1.82) is 0 Å². The van der Waals surface area contributed by atoms with Crippen LogP contribution in [0.3, 0.4) is 0 Å². The largest absolute Gasteiger partial charge is 0.338 e. The number of anilines is 1. The standard InChI is InChI=1S/C16H18N4O2S2/c1-2-23-16-19-18-15(24-16)17-14(22)12-7-5-11(6-8-12)10-20-9-3-4-13(20)21/h5-8H,2-4,9-10H2,1H3,(H,17,18,22). The van der Waals surface area contributed by atoms with E-state index in [1.54, 1.807) is 23.9 Å². The number of carbonyl (C=O) groups excluding carboxylic acids is 2. The highest BCUT2D eigenvalue weighted by Gasteiger charge is 2.20. The number of hydrogen-bond donors (Lipinski definition) is 1. The number of hydrogen-bond acceptors (Lipinski definition) is 6. The van der Waals surface area contributed by atoms with Gasteiger partial charge in [0, 0.05) is 25.1 Å². The Balaban J connectivity index is 1.59. The number of aromatic nitrogens is 2. The van der Waals surface area contributed by atoms with Gasteiger partial charge < -0.3 is 4.90 Å². The van der Waals surface area contributed by atoms with Crippen LogP contribution in [0, 0.1) is 0 Å². The van der Waals surface area contributed by atoms with Crippen LogP contribution in [0.1, 0.15) is 35.7 Å². The number of nitrogens with zero attached hydrogens (tertiary/aromatic N) is 3. The highest BCUT2D eigenvalue weighted by atomic mass is 32.2. The number of amides is 2. The molecule has 2 amide bonds. The van der Waals surface area contributed by atoms with E-state index in [0.29, 0.717) is 23.7 Å². The molecule has 6 nitrogen and oxygen atoms in total. The maximum Gasteiger partial charge on any atom is 0.257 e. The van der Waals surface area contributed by atoms with Crippen LogP contribution < -0.4 is 5.32 Å². The van der Waals surface area contributed by atoms with Crippen molar-refractivity contribution in [2.75, 3.05) is 17.6 Å². The molecule has 1 fully saturated rings. The Bertz CT molecular complexity index is 730. The first kappa shape index (κ1) is 16.9. The molecule has 0 bridgehead atoms. The van der Waals surface area contributed by atoms with Gasteiger partial charge in [0.05, 0.1) is 0 Å². The maximum atomic E-state index is 12.2. The van der Waals surface area contributed by atoms with Gasteiger partial charge in [-0.3, -0.25) is 14.9 Å². The molecule has 0 aliphatic carbocycles. The van der Waals surface area contributed by atoms with E-state index in [2.05, 4.69) is 15.5 Å². The first-order valence-corrected chi connectivity index (χ1v) is 9.60. The van der Waals surface area contributed by atoms with Crippen molar-refractivity contribution in [1.82, 2.24) is 15.1 Å². The van der Waals surface area contributed by atoms with Crippen LogP contribution in [0.5, 0.6) is 0 Å². The van der Waals surface area contributed by atoms with Crippen molar-refractivity contribution in [3.05, 3.63) is 35.4 Å². The molecule has 2 aromatic rings. The topological polar surface area (TPSA) is 75.2 Å². The summed E-state index contributed by atoms with van der Waals surface area (Å²) in [6.45, 7) is 3.46. The highest BCUT2D eigenvalue weighted by molar-refractivity contribution is 8.01. The minimum atomic E-state index is -0.206. The van der Waals surface area contributed by atoms with Crippen LogP contribution in [-0.4, -0.2) is 39.2 Å². The average molecular weight is 362 g/mol. The predicted molar refractivity (Wildman–Crippen MR) is 95.4 cm³/mol. The highest BCUT2D eigenvalue weighted by Crippen LogP contribution is 2.25. The Hall–Kier alpha value is -1.93. The van der Waals surface area contributed by atoms with Crippen LogP contribution in [0.15, 0.2) is 28.6 Å². The molecule has 126 valence electrons. The zero-order valence-electron chi connectivity index (χ0n) is 13.3. The van der Waals surface area contributed by atoms with Crippen LogP contribution >= 0.6 is 23.1 Å². The van der Waals surface area contributed by atoms with Gasteiger partial charge in [-0.25, -0.2) is 0 Å². The zero-order chi connectivity index (χ0) is 16.9. The van der Waals surface area contributed by atoms with Crippen molar-refractivity contribution >= 4 is 40.0 Å². The van der Waals surface area contributed by atoms with Crippen molar-refractivity contribution in [2.45, 2.75) is 30.6 Å². The number of rotatable bonds is 6. The van der Waals surface area contributed by atoms with E-state index in [9.17, 15) is 9.59 Å². The van der Waals surface area contributed by atoms with E-state index >= 15 is 0 Å². The number of likely N-dealkylation sites (tertiary alicyclic amines) is 1. The van der Waals surface area contributed by atoms with Gasteiger partial charge >= 0.3 is 0 Å². The molecule has 0 saturated carbocycles. The molecule has 8 heteroatoms. The molecule has 24 heavy (non-hydrogen) atoms. The molecule has 1 aromatic carbocycles. The lowest BCUT2D eigenvalue weighted by Gasteiger charge is -2.15. The summed E-state index contributed by atoms with van der Waals surface area (Å²) in [5.74, 6) is 0.917. The lowest BCUT2D eigenvalue weighted by molar-refractivity contribution is -0.128. The predicted octanol–water partition coefficient (Wildman–Crippen LogP) is 3.02. The molecule has 1 N–H and O–H groups in total. The van der Waals surface area contributed by atoms with Gasteiger partial charge in [-0.2, -0.15) is 0 Å². The summed E-state index contributed by atoms with van der Waals surface area (Å²) in [4.78, 5) is 25.7. The van der Waals surface area contributed by atoms with Crippen molar-refractivity contribution in [3.8, 4) is 0 Å². The minimum Gasteiger partial charge on any atom is -0.338 e. The molecule has 0 atom stereocenters. The molecule has 2 heterocycles. The molecular weight excluding hydrogens is 344 g/mol. The van der Waals surface area contributed by atoms with Crippen LogP contribution in [0.2, 0.25) is 0 Å². The smallest absolute Gasteiger partial charge is 0.257 e. The van der Waals surface area contributed by atoms with E-state index in [-0.39, 0.29) is 11.8 Å². The van der Waals surface area contributed by atoms with Gasteiger partial charge in [0.25, 0.3) is 5.91 Å². The van der Waals surface area contributed by atoms with Crippen LogP contribution in [-0.2, 0) is 11.3 Å². The quantitative estimate of drug-likeness (QED) is 0.631. The Labute approximate surface area is 148 Å².